The number of aliphatic hydroxyl groups excluding tert-OH is 1. The first-order chi connectivity index (χ1) is 10.3. The van der Waals surface area contributed by atoms with Gasteiger partial charge in [-0.1, -0.05) is 6.07 Å². The molecule has 1 amide bonds. The third-order valence-electron chi connectivity index (χ3n) is 4.67. The van der Waals surface area contributed by atoms with E-state index in [2.05, 4.69) is 5.32 Å². The number of carbonyl (C=O) groups excluding carboxylic acids is 1. The van der Waals surface area contributed by atoms with Gasteiger partial charge in [-0.2, -0.15) is 0 Å². The van der Waals surface area contributed by atoms with Crippen molar-refractivity contribution in [1.82, 2.24) is 10.2 Å². The predicted molar refractivity (Wildman–Crippen MR) is 91.5 cm³/mol. The molecule has 2 aliphatic rings. The molecule has 1 aromatic heterocycles. The smallest absolute Gasteiger partial charge is 0.227 e. The van der Waals surface area contributed by atoms with Crippen molar-refractivity contribution >= 4 is 29.7 Å². The van der Waals surface area contributed by atoms with Gasteiger partial charge >= 0.3 is 0 Å². The zero-order chi connectivity index (χ0) is 14.7. The lowest BCUT2D eigenvalue weighted by atomic mass is 9.97. The summed E-state index contributed by atoms with van der Waals surface area (Å²) in [6.07, 6.45) is 4.41. The summed E-state index contributed by atoms with van der Waals surface area (Å²) in [5.74, 6) is 0.432. The zero-order valence-corrected chi connectivity index (χ0v) is 14.4. The van der Waals surface area contributed by atoms with Gasteiger partial charge in [0, 0.05) is 24.0 Å². The molecule has 2 N–H and O–H groups in total. The lowest BCUT2D eigenvalue weighted by Gasteiger charge is -2.31. The van der Waals surface area contributed by atoms with Gasteiger partial charge in [-0.3, -0.25) is 4.79 Å². The van der Waals surface area contributed by atoms with E-state index in [4.69, 9.17) is 0 Å². The highest BCUT2D eigenvalue weighted by atomic mass is 35.5. The second-order valence-electron chi connectivity index (χ2n) is 6.14. The largest absolute Gasteiger partial charge is 0.387 e. The summed E-state index contributed by atoms with van der Waals surface area (Å²) in [7, 11) is 0. The van der Waals surface area contributed by atoms with Crippen molar-refractivity contribution in [2.75, 3.05) is 19.6 Å². The molecule has 3 unspecified atom stereocenters. The summed E-state index contributed by atoms with van der Waals surface area (Å²) < 4.78 is 0. The third-order valence-corrected chi connectivity index (χ3v) is 5.65. The first-order valence-electron chi connectivity index (χ1n) is 7.98. The second kappa shape index (κ2) is 8.29. The SMILES string of the molecule is Cl.O=C(C1CCCNC1)N1CCCC1CC(O)c1cccs1. The molecule has 0 aromatic carbocycles. The highest BCUT2D eigenvalue weighted by molar-refractivity contribution is 7.10. The number of amides is 1. The lowest BCUT2D eigenvalue weighted by Crippen LogP contribution is -2.45. The molecule has 3 atom stereocenters. The van der Waals surface area contributed by atoms with Crippen molar-refractivity contribution in [1.29, 1.82) is 0 Å². The van der Waals surface area contributed by atoms with Gasteiger partial charge in [0.05, 0.1) is 12.0 Å². The second-order valence-corrected chi connectivity index (χ2v) is 7.12. The van der Waals surface area contributed by atoms with Crippen molar-refractivity contribution in [3.05, 3.63) is 22.4 Å². The van der Waals surface area contributed by atoms with Crippen LogP contribution in [0, 0.1) is 5.92 Å². The Morgan fingerprint density at radius 1 is 1.45 bits per heavy atom. The molecule has 3 heterocycles. The number of rotatable bonds is 4. The Kier molecular flexibility index (Phi) is 6.68. The number of piperidine rings is 1. The zero-order valence-electron chi connectivity index (χ0n) is 12.7. The van der Waals surface area contributed by atoms with Gasteiger partial charge < -0.3 is 15.3 Å². The van der Waals surface area contributed by atoms with Crippen LogP contribution in [0.4, 0.5) is 0 Å². The Labute approximate surface area is 142 Å². The van der Waals surface area contributed by atoms with Crippen LogP contribution >= 0.6 is 23.7 Å². The van der Waals surface area contributed by atoms with Crippen molar-refractivity contribution in [3.8, 4) is 0 Å². The van der Waals surface area contributed by atoms with Crippen molar-refractivity contribution < 1.29 is 9.90 Å². The maximum Gasteiger partial charge on any atom is 0.227 e. The van der Waals surface area contributed by atoms with E-state index in [9.17, 15) is 9.90 Å². The Balaban J connectivity index is 0.00000176. The minimum Gasteiger partial charge on any atom is -0.387 e. The highest BCUT2D eigenvalue weighted by Crippen LogP contribution is 2.31. The highest BCUT2D eigenvalue weighted by Gasteiger charge is 2.34. The minimum atomic E-state index is -0.437. The topological polar surface area (TPSA) is 52.6 Å². The molecule has 0 spiro atoms. The van der Waals surface area contributed by atoms with Crippen LogP contribution < -0.4 is 5.32 Å². The minimum absolute atomic E-state index is 0. The Hall–Kier alpha value is -0.620. The molecule has 124 valence electrons. The summed E-state index contributed by atoms with van der Waals surface area (Å²) in [6.45, 7) is 2.71. The Morgan fingerprint density at radius 3 is 3.00 bits per heavy atom. The van der Waals surface area contributed by atoms with E-state index in [-0.39, 0.29) is 24.4 Å². The number of nitrogens with zero attached hydrogens (tertiary/aromatic N) is 1. The third kappa shape index (κ3) is 4.02. The maximum absolute atomic E-state index is 12.7. The number of likely N-dealkylation sites (tertiary alicyclic amines) is 1. The van der Waals surface area contributed by atoms with E-state index in [0.717, 1.165) is 50.2 Å². The molecule has 6 heteroatoms. The summed E-state index contributed by atoms with van der Waals surface area (Å²) in [5.41, 5.74) is 0. The van der Waals surface area contributed by atoms with Crippen molar-refractivity contribution in [2.45, 2.75) is 44.2 Å². The fourth-order valence-corrected chi connectivity index (χ4v) is 4.25. The van der Waals surface area contributed by atoms with Crippen LogP contribution in [0.1, 0.15) is 43.1 Å². The maximum atomic E-state index is 12.7. The number of carbonyl (C=O) groups is 1. The van der Waals surface area contributed by atoms with Gasteiger partial charge in [-0.05, 0) is 50.1 Å². The van der Waals surface area contributed by atoms with Crippen LogP contribution in [-0.4, -0.2) is 41.6 Å². The number of nitrogens with one attached hydrogen (secondary N) is 1. The molecule has 2 fully saturated rings. The number of aliphatic hydroxyl groups is 1. The molecule has 0 bridgehead atoms. The Morgan fingerprint density at radius 2 is 2.32 bits per heavy atom. The van der Waals surface area contributed by atoms with Crippen LogP contribution in [0.3, 0.4) is 0 Å². The summed E-state index contributed by atoms with van der Waals surface area (Å²) in [4.78, 5) is 15.7. The van der Waals surface area contributed by atoms with Gasteiger partial charge in [0.1, 0.15) is 0 Å². The first kappa shape index (κ1) is 17.7. The van der Waals surface area contributed by atoms with Gasteiger partial charge in [-0.25, -0.2) is 0 Å². The standard InChI is InChI=1S/C16H24N2O2S.ClH/c19-14(15-6-3-9-21-15)10-13-5-2-8-18(13)16(20)12-4-1-7-17-11-12;/h3,6,9,12-14,17,19H,1-2,4-5,7-8,10-11H2;1H. The van der Waals surface area contributed by atoms with Crippen LogP contribution in [0.25, 0.3) is 0 Å². The van der Waals surface area contributed by atoms with Crippen LogP contribution in [0.5, 0.6) is 0 Å². The molecular weight excluding hydrogens is 320 g/mol. The summed E-state index contributed by atoms with van der Waals surface area (Å²) >= 11 is 1.59. The van der Waals surface area contributed by atoms with Crippen LogP contribution in [0.15, 0.2) is 17.5 Å². The van der Waals surface area contributed by atoms with E-state index < -0.39 is 6.10 Å². The lowest BCUT2D eigenvalue weighted by molar-refractivity contribution is -0.137. The number of hydrogen-bond acceptors (Lipinski definition) is 4. The quantitative estimate of drug-likeness (QED) is 0.882. The van der Waals surface area contributed by atoms with Crippen molar-refractivity contribution in [3.63, 3.8) is 0 Å². The van der Waals surface area contributed by atoms with Gasteiger partial charge in [-0.15, -0.1) is 23.7 Å². The molecule has 4 nitrogen and oxygen atoms in total. The van der Waals surface area contributed by atoms with Gasteiger partial charge in [0.25, 0.3) is 0 Å². The summed E-state index contributed by atoms with van der Waals surface area (Å²) in [6, 6.07) is 4.15. The number of hydrogen-bond donors (Lipinski definition) is 2. The molecular formula is C16H25ClN2O2S. The Bertz CT molecular complexity index is 463. The number of thiophene rings is 1. The molecule has 0 aliphatic carbocycles. The molecule has 0 radical (unpaired) electrons. The van der Waals surface area contributed by atoms with E-state index in [1.165, 1.54) is 0 Å². The van der Waals surface area contributed by atoms with E-state index in [1.807, 2.05) is 22.4 Å². The predicted octanol–water partition coefficient (Wildman–Crippen LogP) is 2.58. The van der Waals surface area contributed by atoms with E-state index in [1.54, 1.807) is 11.3 Å². The fraction of sp³-hybridized carbons (Fsp3) is 0.688. The molecule has 2 saturated heterocycles. The van der Waals surface area contributed by atoms with Gasteiger partial charge in [0.15, 0.2) is 0 Å². The van der Waals surface area contributed by atoms with Crippen molar-refractivity contribution in [2.24, 2.45) is 5.92 Å². The van der Waals surface area contributed by atoms with Crippen LogP contribution in [-0.2, 0) is 4.79 Å². The average Bonchev–Trinajstić information content (AvgIpc) is 3.19. The molecule has 22 heavy (non-hydrogen) atoms. The first-order valence-corrected chi connectivity index (χ1v) is 8.86. The molecule has 2 aliphatic heterocycles. The number of halogens is 1. The van der Waals surface area contributed by atoms with E-state index in [0.29, 0.717) is 12.3 Å². The fourth-order valence-electron chi connectivity index (χ4n) is 3.52. The van der Waals surface area contributed by atoms with Gasteiger partial charge in [0.2, 0.25) is 5.91 Å². The average molecular weight is 345 g/mol. The van der Waals surface area contributed by atoms with E-state index >= 15 is 0 Å². The monoisotopic (exact) mass is 344 g/mol. The summed E-state index contributed by atoms with van der Waals surface area (Å²) in [5, 5.41) is 15.7. The molecule has 1 aromatic rings. The normalized spacial score (nSPS) is 26.5. The molecule has 3 rings (SSSR count). The molecule has 0 saturated carbocycles. The van der Waals surface area contributed by atoms with Crippen LogP contribution in [0.2, 0.25) is 0 Å².